The van der Waals surface area contributed by atoms with E-state index in [1.807, 2.05) is 12.1 Å². The van der Waals surface area contributed by atoms with E-state index in [4.69, 9.17) is 11.6 Å². The number of aryl methyl sites for hydroxylation is 1. The zero-order valence-corrected chi connectivity index (χ0v) is 14.7. The van der Waals surface area contributed by atoms with Crippen molar-refractivity contribution in [1.29, 1.82) is 0 Å². The van der Waals surface area contributed by atoms with E-state index in [1.54, 1.807) is 18.2 Å². The molecule has 6 heteroatoms. The molecule has 0 radical (unpaired) electrons. The molecule has 2 aromatic carbocycles. The molecule has 0 bridgehead atoms. The van der Waals surface area contributed by atoms with Crippen molar-refractivity contribution in [2.24, 2.45) is 0 Å². The average molecular weight is 359 g/mol. The molecule has 1 aliphatic heterocycles. The van der Waals surface area contributed by atoms with Crippen LogP contribution in [0.15, 0.2) is 30.3 Å². The number of phenols is 1. The Morgan fingerprint density at radius 3 is 2.72 bits per heavy atom. The van der Waals surface area contributed by atoms with Gasteiger partial charge in [0.2, 0.25) is 0 Å². The van der Waals surface area contributed by atoms with E-state index in [1.165, 1.54) is 0 Å². The molecule has 2 aromatic rings. The lowest BCUT2D eigenvalue weighted by Crippen LogP contribution is -2.39. The Bertz CT molecular complexity index is 868. The fraction of sp³-hybridized carbons (Fsp3) is 0.368. The molecule has 1 aliphatic carbocycles. The van der Waals surface area contributed by atoms with Gasteiger partial charge in [0, 0.05) is 30.6 Å². The van der Waals surface area contributed by atoms with Crippen molar-refractivity contribution in [2.45, 2.75) is 31.2 Å². The van der Waals surface area contributed by atoms with E-state index in [9.17, 15) is 15.2 Å². The quantitative estimate of drug-likeness (QED) is 0.620. The minimum Gasteiger partial charge on any atom is -0.506 e. The average Bonchev–Trinajstić information content (AvgIpc) is 2.73. The molecule has 1 heterocycles. The molecule has 0 fully saturated rings. The van der Waals surface area contributed by atoms with Gasteiger partial charge in [-0.2, -0.15) is 0 Å². The lowest BCUT2D eigenvalue weighted by atomic mass is 9.74. The summed E-state index contributed by atoms with van der Waals surface area (Å²) in [5, 5.41) is 21.8. The minimum absolute atomic E-state index is 0.00863. The van der Waals surface area contributed by atoms with Crippen LogP contribution in [-0.4, -0.2) is 34.6 Å². The number of nitro benzene ring substituents is 1. The van der Waals surface area contributed by atoms with E-state index in [0.717, 1.165) is 48.1 Å². The number of benzene rings is 2. The number of nitrogens with zero attached hydrogens (tertiary/aromatic N) is 2. The van der Waals surface area contributed by atoms with Crippen LogP contribution < -0.4 is 0 Å². The third-order valence-electron chi connectivity index (χ3n) is 5.61. The largest absolute Gasteiger partial charge is 0.506 e. The number of rotatable bonds is 1. The van der Waals surface area contributed by atoms with E-state index in [2.05, 4.69) is 11.9 Å². The van der Waals surface area contributed by atoms with Crippen LogP contribution in [-0.2, 0) is 12.8 Å². The van der Waals surface area contributed by atoms with Crippen molar-refractivity contribution in [3.05, 3.63) is 67.7 Å². The maximum Gasteiger partial charge on any atom is 0.269 e. The van der Waals surface area contributed by atoms with E-state index in [0.29, 0.717) is 5.02 Å². The molecule has 1 N–H and O–H groups in total. The summed E-state index contributed by atoms with van der Waals surface area (Å²) >= 11 is 6.12. The molecule has 2 atom stereocenters. The summed E-state index contributed by atoms with van der Waals surface area (Å²) in [6.45, 7) is 0.902. The summed E-state index contributed by atoms with van der Waals surface area (Å²) in [7, 11) is 2.10. The summed E-state index contributed by atoms with van der Waals surface area (Å²) < 4.78 is 0. The first-order chi connectivity index (χ1) is 12.0. The molecule has 0 saturated heterocycles. The first-order valence-electron chi connectivity index (χ1n) is 8.44. The number of halogens is 1. The summed E-state index contributed by atoms with van der Waals surface area (Å²) in [6.07, 6.45) is 2.76. The Morgan fingerprint density at radius 2 is 1.96 bits per heavy atom. The fourth-order valence-electron chi connectivity index (χ4n) is 4.33. The van der Waals surface area contributed by atoms with Crippen molar-refractivity contribution in [1.82, 2.24) is 4.90 Å². The standard InChI is InChI=1S/C19H19ClN2O3/c1-21-7-6-12-8-16(20)18(23)10-15(12)19-14-9-13(22(24)25)4-2-11(14)3-5-17(19)21/h2,4,8-10,17,19,23H,3,5-7H2,1H3/t17-,19?/m0/s1. The van der Waals surface area contributed by atoms with Crippen LogP contribution in [0.3, 0.4) is 0 Å². The minimum atomic E-state index is -0.343. The molecule has 0 saturated carbocycles. The van der Waals surface area contributed by atoms with Crippen LogP contribution in [0.4, 0.5) is 5.69 Å². The van der Waals surface area contributed by atoms with Crippen LogP contribution in [0.5, 0.6) is 5.75 Å². The van der Waals surface area contributed by atoms with Crippen LogP contribution in [0.25, 0.3) is 0 Å². The predicted molar refractivity (Wildman–Crippen MR) is 96.5 cm³/mol. The number of phenolic OH excluding ortho intramolecular Hbond substituents is 1. The van der Waals surface area contributed by atoms with Gasteiger partial charge in [0.25, 0.3) is 5.69 Å². The highest BCUT2D eigenvalue weighted by Gasteiger charge is 2.37. The van der Waals surface area contributed by atoms with Gasteiger partial charge < -0.3 is 10.0 Å². The van der Waals surface area contributed by atoms with Crippen molar-refractivity contribution in [3.63, 3.8) is 0 Å². The van der Waals surface area contributed by atoms with Crippen LogP contribution in [0.1, 0.15) is 34.6 Å². The van der Waals surface area contributed by atoms with Crippen molar-refractivity contribution in [2.75, 3.05) is 13.6 Å². The second kappa shape index (κ2) is 6.00. The number of likely N-dealkylation sites (N-methyl/N-ethyl adjacent to an activating group) is 1. The Labute approximate surface area is 151 Å². The molecular formula is C19H19ClN2O3. The molecule has 0 amide bonds. The third kappa shape index (κ3) is 2.68. The normalized spacial score (nSPS) is 22.5. The first kappa shape index (κ1) is 16.4. The summed E-state index contributed by atoms with van der Waals surface area (Å²) in [5.74, 6) is 0.0793. The second-order valence-electron chi connectivity index (χ2n) is 6.96. The van der Waals surface area contributed by atoms with E-state index < -0.39 is 0 Å². The van der Waals surface area contributed by atoms with E-state index >= 15 is 0 Å². The highest BCUT2D eigenvalue weighted by molar-refractivity contribution is 6.32. The van der Waals surface area contributed by atoms with Gasteiger partial charge >= 0.3 is 0 Å². The van der Waals surface area contributed by atoms with Crippen LogP contribution >= 0.6 is 11.6 Å². The van der Waals surface area contributed by atoms with Crippen LogP contribution in [0, 0.1) is 10.1 Å². The SMILES string of the molecule is CN1CCc2cc(Cl)c(O)cc2C2c3cc([N+](=O)[O-])ccc3CC[C@@H]21. The molecule has 25 heavy (non-hydrogen) atoms. The summed E-state index contributed by atoms with van der Waals surface area (Å²) in [4.78, 5) is 13.2. The summed E-state index contributed by atoms with van der Waals surface area (Å²) in [5.41, 5.74) is 4.43. The van der Waals surface area contributed by atoms with Gasteiger partial charge in [0.05, 0.1) is 9.95 Å². The highest BCUT2D eigenvalue weighted by Crippen LogP contribution is 2.45. The Morgan fingerprint density at radius 1 is 1.20 bits per heavy atom. The highest BCUT2D eigenvalue weighted by atomic mass is 35.5. The van der Waals surface area contributed by atoms with Gasteiger partial charge in [-0.05, 0) is 60.7 Å². The predicted octanol–water partition coefficient (Wildman–Crippen LogP) is 3.89. The topological polar surface area (TPSA) is 66.6 Å². The molecule has 2 aliphatic rings. The number of nitro groups is 1. The lowest BCUT2D eigenvalue weighted by molar-refractivity contribution is -0.385. The first-order valence-corrected chi connectivity index (χ1v) is 8.82. The number of hydrogen-bond acceptors (Lipinski definition) is 4. The smallest absolute Gasteiger partial charge is 0.269 e. The van der Waals surface area contributed by atoms with Gasteiger partial charge in [-0.3, -0.25) is 10.1 Å². The molecule has 0 aromatic heterocycles. The van der Waals surface area contributed by atoms with Crippen molar-refractivity contribution < 1.29 is 10.0 Å². The van der Waals surface area contributed by atoms with Gasteiger partial charge in [-0.15, -0.1) is 0 Å². The fourth-order valence-corrected chi connectivity index (χ4v) is 4.51. The van der Waals surface area contributed by atoms with Gasteiger partial charge in [0.1, 0.15) is 5.75 Å². The number of non-ortho nitro benzene ring substituents is 1. The van der Waals surface area contributed by atoms with Gasteiger partial charge in [-0.25, -0.2) is 0 Å². The van der Waals surface area contributed by atoms with Gasteiger partial charge in [-0.1, -0.05) is 17.7 Å². The molecular weight excluding hydrogens is 340 g/mol. The zero-order valence-electron chi connectivity index (χ0n) is 13.9. The zero-order chi connectivity index (χ0) is 17.7. The molecule has 0 spiro atoms. The van der Waals surface area contributed by atoms with Crippen molar-refractivity contribution >= 4 is 17.3 Å². The Kier molecular flexibility index (Phi) is 3.93. The maximum atomic E-state index is 11.3. The van der Waals surface area contributed by atoms with Gasteiger partial charge in [0.15, 0.2) is 0 Å². The molecule has 1 unspecified atom stereocenters. The molecule has 4 rings (SSSR count). The second-order valence-corrected chi connectivity index (χ2v) is 7.36. The number of fused-ring (bicyclic) bond motifs is 5. The Hall–Kier alpha value is -2.11. The monoisotopic (exact) mass is 358 g/mol. The Balaban J connectivity index is 1.95. The third-order valence-corrected chi connectivity index (χ3v) is 5.92. The van der Waals surface area contributed by atoms with Crippen molar-refractivity contribution in [3.8, 4) is 5.75 Å². The molecule has 5 nitrogen and oxygen atoms in total. The molecule has 130 valence electrons. The van der Waals surface area contributed by atoms with E-state index in [-0.39, 0.29) is 28.3 Å². The van der Waals surface area contributed by atoms with Crippen LogP contribution in [0.2, 0.25) is 5.02 Å². The number of aromatic hydroxyl groups is 1. The number of hydrogen-bond donors (Lipinski definition) is 1. The lowest BCUT2D eigenvalue weighted by Gasteiger charge is -2.38. The summed E-state index contributed by atoms with van der Waals surface area (Å²) in [6, 6.07) is 9.03. The maximum absolute atomic E-state index is 11.3.